The molecule has 0 bridgehead atoms. The molecule has 5 nitrogen and oxygen atoms in total. The fourth-order valence-electron chi connectivity index (χ4n) is 2.85. The molecule has 1 aliphatic heterocycles. The first-order valence-electron chi connectivity index (χ1n) is 8.67. The first kappa shape index (κ1) is 20.2. The lowest BCUT2D eigenvalue weighted by Crippen LogP contribution is -2.47. The van der Waals surface area contributed by atoms with E-state index in [1.165, 1.54) is 17.0 Å². The highest BCUT2D eigenvalue weighted by atomic mass is 19.4. The summed E-state index contributed by atoms with van der Waals surface area (Å²) in [6.07, 6.45) is -4.24. The zero-order chi connectivity index (χ0) is 19.3. The Kier molecular flexibility index (Phi) is 6.63. The van der Waals surface area contributed by atoms with Gasteiger partial charge in [0, 0.05) is 50.7 Å². The van der Waals surface area contributed by atoms with Crippen LogP contribution >= 0.6 is 0 Å². The number of rotatable bonds is 5. The fraction of sp³-hybridized carbons (Fsp3) is 0.556. The third-order valence-corrected chi connectivity index (χ3v) is 4.38. The Balaban J connectivity index is 2.01. The average Bonchev–Trinajstić information content (AvgIpc) is 2.61. The van der Waals surface area contributed by atoms with Crippen molar-refractivity contribution in [3.8, 4) is 0 Å². The predicted molar refractivity (Wildman–Crippen MR) is 91.7 cm³/mol. The van der Waals surface area contributed by atoms with Crippen LogP contribution in [0.25, 0.3) is 0 Å². The Morgan fingerprint density at radius 2 is 1.73 bits per heavy atom. The number of alkyl halides is 3. The summed E-state index contributed by atoms with van der Waals surface area (Å²) >= 11 is 0. The van der Waals surface area contributed by atoms with E-state index in [0.717, 1.165) is 25.2 Å². The molecule has 0 aromatic heterocycles. The largest absolute Gasteiger partial charge is 0.416 e. The number of benzene rings is 1. The molecule has 0 aliphatic carbocycles. The predicted octanol–water partition coefficient (Wildman–Crippen LogP) is 2.38. The van der Waals surface area contributed by atoms with Crippen LogP contribution in [0.2, 0.25) is 0 Å². The van der Waals surface area contributed by atoms with E-state index >= 15 is 0 Å². The molecule has 1 aromatic rings. The molecular weight excluding hydrogens is 347 g/mol. The average molecular weight is 371 g/mol. The topological polar surface area (TPSA) is 52.7 Å². The molecule has 0 unspecified atom stereocenters. The van der Waals surface area contributed by atoms with Gasteiger partial charge < -0.3 is 15.1 Å². The molecule has 1 aromatic carbocycles. The van der Waals surface area contributed by atoms with Crippen LogP contribution in [-0.2, 0) is 11.0 Å². The van der Waals surface area contributed by atoms with Crippen LogP contribution in [-0.4, -0.2) is 60.4 Å². The lowest BCUT2D eigenvalue weighted by atomic mass is 10.1. The van der Waals surface area contributed by atoms with Gasteiger partial charge in [0.05, 0.1) is 5.56 Å². The minimum absolute atomic E-state index is 0.0163. The quantitative estimate of drug-likeness (QED) is 0.865. The zero-order valence-electron chi connectivity index (χ0n) is 15.0. The number of halogens is 3. The van der Waals surface area contributed by atoms with Crippen LogP contribution in [0.5, 0.6) is 0 Å². The zero-order valence-corrected chi connectivity index (χ0v) is 15.0. The number of amides is 2. The Morgan fingerprint density at radius 1 is 1.15 bits per heavy atom. The number of piperazine rings is 1. The number of carbonyl (C=O) groups excluding carboxylic acids is 2. The van der Waals surface area contributed by atoms with Crippen molar-refractivity contribution < 1.29 is 22.8 Å². The molecule has 0 saturated carbocycles. The monoisotopic (exact) mass is 371 g/mol. The standard InChI is InChI=1S/C18H24F3N3O2/c1-13(2)24(10-7-16(25)23-11-8-22-9-12-23)17(26)14-3-5-15(6-4-14)18(19,20)21/h3-6,13,22H,7-12H2,1-2H3. The van der Waals surface area contributed by atoms with E-state index in [4.69, 9.17) is 0 Å². The van der Waals surface area contributed by atoms with Crippen LogP contribution in [0.3, 0.4) is 0 Å². The second kappa shape index (κ2) is 8.53. The summed E-state index contributed by atoms with van der Waals surface area (Å²) in [5, 5.41) is 3.17. The van der Waals surface area contributed by atoms with Crippen molar-refractivity contribution in [2.24, 2.45) is 0 Å². The first-order valence-corrected chi connectivity index (χ1v) is 8.67. The molecule has 0 atom stereocenters. The number of carbonyl (C=O) groups is 2. The van der Waals surface area contributed by atoms with Gasteiger partial charge in [-0.2, -0.15) is 13.2 Å². The minimum atomic E-state index is -4.44. The molecule has 1 heterocycles. The molecule has 2 amide bonds. The van der Waals surface area contributed by atoms with E-state index in [1.807, 2.05) is 13.8 Å². The van der Waals surface area contributed by atoms with Crippen LogP contribution in [0.1, 0.15) is 36.2 Å². The van der Waals surface area contributed by atoms with Crippen molar-refractivity contribution >= 4 is 11.8 Å². The maximum atomic E-state index is 12.7. The normalized spacial score (nSPS) is 15.2. The van der Waals surface area contributed by atoms with Gasteiger partial charge in [-0.25, -0.2) is 0 Å². The lowest BCUT2D eigenvalue weighted by molar-refractivity contribution is -0.137. The van der Waals surface area contributed by atoms with E-state index in [2.05, 4.69) is 5.32 Å². The minimum Gasteiger partial charge on any atom is -0.340 e. The van der Waals surface area contributed by atoms with Crippen LogP contribution in [0, 0.1) is 0 Å². The van der Waals surface area contributed by atoms with Crippen molar-refractivity contribution in [1.82, 2.24) is 15.1 Å². The summed E-state index contributed by atoms with van der Waals surface area (Å²) in [4.78, 5) is 28.2. The fourth-order valence-corrected chi connectivity index (χ4v) is 2.85. The van der Waals surface area contributed by atoms with Crippen molar-refractivity contribution in [1.29, 1.82) is 0 Å². The molecule has 8 heteroatoms. The molecule has 26 heavy (non-hydrogen) atoms. The molecule has 2 rings (SSSR count). The smallest absolute Gasteiger partial charge is 0.340 e. The van der Waals surface area contributed by atoms with Gasteiger partial charge in [-0.15, -0.1) is 0 Å². The highest BCUT2D eigenvalue weighted by Crippen LogP contribution is 2.29. The maximum Gasteiger partial charge on any atom is 0.416 e. The lowest BCUT2D eigenvalue weighted by Gasteiger charge is -2.30. The summed E-state index contributed by atoms with van der Waals surface area (Å²) in [7, 11) is 0. The van der Waals surface area contributed by atoms with Gasteiger partial charge in [-0.3, -0.25) is 9.59 Å². The number of hydrogen-bond donors (Lipinski definition) is 1. The Labute approximate surface area is 151 Å². The Bertz CT molecular complexity index is 624. The second-order valence-corrected chi connectivity index (χ2v) is 6.55. The van der Waals surface area contributed by atoms with Crippen molar-refractivity contribution in [3.05, 3.63) is 35.4 Å². The first-order chi connectivity index (χ1) is 12.2. The van der Waals surface area contributed by atoms with Gasteiger partial charge in [0.1, 0.15) is 0 Å². The van der Waals surface area contributed by atoms with Gasteiger partial charge in [-0.05, 0) is 38.1 Å². The molecular formula is C18H24F3N3O2. The second-order valence-electron chi connectivity index (χ2n) is 6.55. The molecule has 0 spiro atoms. The Morgan fingerprint density at radius 3 is 2.23 bits per heavy atom. The molecule has 144 valence electrons. The maximum absolute atomic E-state index is 12.7. The summed E-state index contributed by atoms with van der Waals surface area (Å²) in [6, 6.07) is 3.99. The third-order valence-electron chi connectivity index (χ3n) is 4.38. The van der Waals surface area contributed by atoms with Crippen molar-refractivity contribution in [3.63, 3.8) is 0 Å². The summed E-state index contributed by atoms with van der Waals surface area (Å²) < 4.78 is 38.0. The van der Waals surface area contributed by atoms with Gasteiger partial charge in [0.2, 0.25) is 5.91 Å². The van der Waals surface area contributed by atoms with E-state index in [1.54, 1.807) is 4.90 Å². The Hall–Kier alpha value is -2.09. The molecule has 1 saturated heterocycles. The van der Waals surface area contributed by atoms with Crippen LogP contribution < -0.4 is 5.32 Å². The van der Waals surface area contributed by atoms with Gasteiger partial charge >= 0.3 is 6.18 Å². The highest BCUT2D eigenvalue weighted by Gasteiger charge is 2.30. The summed E-state index contributed by atoms with van der Waals surface area (Å²) in [5.74, 6) is -0.390. The number of nitrogens with one attached hydrogen (secondary N) is 1. The highest BCUT2D eigenvalue weighted by molar-refractivity contribution is 5.94. The van der Waals surface area contributed by atoms with Crippen LogP contribution in [0.15, 0.2) is 24.3 Å². The number of nitrogens with zero attached hydrogens (tertiary/aromatic N) is 2. The third kappa shape index (κ3) is 5.20. The molecule has 1 N–H and O–H groups in total. The molecule has 1 aliphatic rings. The summed E-state index contributed by atoms with van der Waals surface area (Å²) in [5.41, 5.74) is -0.611. The van der Waals surface area contributed by atoms with Crippen molar-refractivity contribution in [2.75, 3.05) is 32.7 Å². The molecule has 1 fully saturated rings. The SMILES string of the molecule is CC(C)N(CCC(=O)N1CCNCC1)C(=O)c1ccc(C(F)(F)F)cc1. The van der Waals surface area contributed by atoms with E-state index in [9.17, 15) is 22.8 Å². The van der Waals surface area contributed by atoms with Gasteiger partial charge in [0.25, 0.3) is 5.91 Å². The number of hydrogen-bond acceptors (Lipinski definition) is 3. The van der Waals surface area contributed by atoms with E-state index < -0.39 is 11.7 Å². The van der Waals surface area contributed by atoms with E-state index in [-0.39, 0.29) is 36.4 Å². The molecule has 0 radical (unpaired) electrons. The summed E-state index contributed by atoms with van der Waals surface area (Å²) in [6.45, 7) is 6.67. The van der Waals surface area contributed by atoms with Gasteiger partial charge in [0.15, 0.2) is 0 Å². The van der Waals surface area contributed by atoms with Gasteiger partial charge in [-0.1, -0.05) is 0 Å². The van der Waals surface area contributed by atoms with E-state index in [0.29, 0.717) is 13.1 Å². The van der Waals surface area contributed by atoms with Crippen LogP contribution in [0.4, 0.5) is 13.2 Å². The van der Waals surface area contributed by atoms with Crippen molar-refractivity contribution in [2.45, 2.75) is 32.5 Å².